The molecule has 0 unspecified atom stereocenters. The highest BCUT2D eigenvalue weighted by Gasteiger charge is 2.45. The van der Waals surface area contributed by atoms with Crippen molar-refractivity contribution >= 4 is 55.4 Å². The van der Waals surface area contributed by atoms with Gasteiger partial charge in [-0.2, -0.15) is 0 Å². The largest absolute Gasteiger partial charge is 0.394 e. The van der Waals surface area contributed by atoms with Crippen LogP contribution < -0.4 is 5.32 Å². The van der Waals surface area contributed by atoms with Gasteiger partial charge in [0.15, 0.2) is 6.23 Å². The second-order valence-corrected chi connectivity index (χ2v) is 9.94. The van der Waals surface area contributed by atoms with E-state index in [1.807, 2.05) is 0 Å². The van der Waals surface area contributed by atoms with Crippen molar-refractivity contribution in [3.63, 3.8) is 0 Å². The van der Waals surface area contributed by atoms with Gasteiger partial charge >= 0.3 is 0 Å². The molecule has 2 aromatic heterocycles. The number of rotatable bonds is 2. The predicted octanol–water partition coefficient (Wildman–Crippen LogP) is 2.84. The van der Waals surface area contributed by atoms with Crippen molar-refractivity contribution in [2.45, 2.75) is 31.5 Å². The number of imide groups is 1. The fourth-order valence-corrected chi connectivity index (χ4v) is 6.09. The van der Waals surface area contributed by atoms with E-state index in [9.17, 15) is 33.7 Å². The SMILES string of the molecule is C[C@@H]1[C@@H](O)[C@H](n2c3ccc(F)cc3c3c4c(c5c6cc(F)ccc6[nH]c5c32)C(=O)NC4=O)O[C@H](CO)[C@@H]1O. The molecule has 0 radical (unpaired) electrons. The number of aromatic nitrogens is 2. The van der Waals surface area contributed by atoms with Crippen LogP contribution in [0.25, 0.3) is 43.6 Å². The topological polar surface area (TPSA) is 137 Å². The molecule has 3 aromatic carbocycles. The van der Waals surface area contributed by atoms with Gasteiger partial charge in [0.2, 0.25) is 0 Å². The predicted molar refractivity (Wildman–Crippen MR) is 133 cm³/mol. The van der Waals surface area contributed by atoms with E-state index in [0.29, 0.717) is 38.2 Å². The lowest BCUT2D eigenvalue weighted by molar-refractivity contribution is -0.228. The maximum atomic E-state index is 14.6. The standard InChI is InChI=1S/C27H21F2N3O6/c1-9-23(34)16(8-33)38-27(24(9)35)32-15-5-3-11(29)7-13(15)18-20-19(25(36)31-26(20)37)17-12-6-10(28)2-4-14(12)30-21(17)22(18)32/h2-7,9,16,23-24,27,30,33-35H,8H2,1H3,(H,31,36,37)/t9-,16+,23+,24+,27+/m0/s1. The Morgan fingerprint density at radius 1 is 0.947 bits per heavy atom. The Balaban J connectivity index is 1.72. The number of aromatic amines is 1. The minimum absolute atomic E-state index is 0.00843. The molecule has 1 fully saturated rings. The van der Waals surface area contributed by atoms with Gasteiger partial charge in [0.05, 0.1) is 40.4 Å². The molecule has 0 spiro atoms. The Hall–Kier alpha value is -3.90. The Labute approximate surface area is 212 Å². The number of carbonyl (C=O) groups excluding carboxylic acids is 2. The molecule has 4 heterocycles. The summed E-state index contributed by atoms with van der Waals surface area (Å²) in [6, 6.07) is 7.95. The van der Waals surface area contributed by atoms with Crippen LogP contribution in [0, 0.1) is 17.6 Å². The van der Waals surface area contributed by atoms with Gasteiger partial charge < -0.3 is 29.6 Å². The lowest BCUT2D eigenvalue weighted by Gasteiger charge is -2.42. The molecule has 2 aliphatic heterocycles. The molecule has 194 valence electrons. The van der Waals surface area contributed by atoms with Crippen LogP contribution in [0.1, 0.15) is 33.9 Å². The van der Waals surface area contributed by atoms with Crippen LogP contribution in [-0.4, -0.2) is 61.6 Å². The molecule has 9 nitrogen and oxygen atoms in total. The smallest absolute Gasteiger partial charge is 0.259 e. The Bertz CT molecular complexity index is 1860. The number of aliphatic hydroxyl groups excluding tert-OH is 3. The summed E-state index contributed by atoms with van der Waals surface area (Å²) in [6.07, 6.45) is -4.61. The second-order valence-electron chi connectivity index (χ2n) is 9.94. The van der Waals surface area contributed by atoms with Crippen molar-refractivity contribution in [3.8, 4) is 0 Å². The molecule has 0 saturated carbocycles. The number of aliphatic hydroxyl groups is 3. The van der Waals surface area contributed by atoms with Crippen molar-refractivity contribution in [2.24, 2.45) is 5.92 Å². The highest BCUT2D eigenvalue weighted by atomic mass is 19.1. The summed E-state index contributed by atoms with van der Waals surface area (Å²) < 4.78 is 36.5. The summed E-state index contributed by atoms with van der Waals surface area (Å²) in [5, 5.41) is 35.2. The van der Waals surface area contributed by atoms with Crippen LogP contribution >= 0.6 is 0 Å². The average Bonchev–Trinajstić information content (AvgIpc) is 3.51. The first-order valence-corrected chi connectivity index (χ1v) is 12.1. The fourth-order valence-electron chi connectivity index (χ4n) is 6.09. The van der Waals surface area contributed by atoms with E-state index in [1.54, 1.807) is 11.5 Å². The summed E-state index contributed by atoms with van der Waals surface area (Å²) >= 11 is 0. The number of hydrogen-bond acceptors (Lipinski definition) is 6. The highest BCUT2D eigenvalue weighted by Crippen LogP contribution is 2.46. The number of nitrogens with zero attached hydrogens (tertiary/aromatic N) is 1. The highest BCUT2D eigenvalue weighted by molar-refractivity contribution is 6.39. The first kappa shape index (κ1) is 23.2. The van der Waals surface area contributed by atoms with E-state index >= 15 is 0 Å². The molecule has 5 aromatic rings. The maximum absolute atomic E-state index is 14.6. The fraction of sp³-hybridized carbons (Fsp3) is 0.259. The zero-order chi connectivity index (χ0) is 26.6. The van der Waals surface area contributed by atoms with Gasteiger partial charge in [-0.15, -0.1) is 0 Å². The zero-order valence-corrected chi connectivity index (χ0v) is 19.8. The first-order chi connectivity index (χ1) is 18.2. The average molecular weight is 521 g/mol. The molecule has 11 heteroatoms. The van der Waals surface area contributed by atoms with Crippen molar-refractivity contribution < 1.29 is 38.4 Å². The Morgan fingerprint density at radius 3 is 2.32 bits per heavy atom. The van der Waals surface area contributed by atoms with Crippen LogP contribution in [-0.2, 0) is 4.74 Å². The number of ether oxygens (including phenoxy) is 1. The lowest BCUT2D eigenvalue weighted by atomic mass is 9.90. The number of fused-ring (bicyclic) bond motifs is 10. The van der Waals surface area contributed by atoms with Crippen LogP contribution in [0.2, 0.25) is 0 Å². The second kappa shape index (κ2) is 7.81. The minimum Gasteiger partial charge on any atom is -0.394 e. The van der Waals surface area contributed by atoms with Gasteiger partial charge in [0.1, 0.15) is 23.8 Å². The van der Waals surface area contributed by atoms with Gasteiger partial charge in [-0.25, -0.2) is 8.78 Å². The summed E-state index contributed by atoms with van der Waals surface area (Å²) in [5.74, 6) is -3.20. The van der Waals surface area contributed by atoms with Gasteiger partial charge in [-0.1, -0.05) is 6.92 Å². The summed E-state index contributed by atoms with van der Waals surface area (Å²) in [7, 11) is 0. The molecule has 0 aliphatic carbocycles. The molecule has 0 bridgehead atoms. The normalized spacial score (nSPS) is 25.7. The number of carbonyl (C=O) groups is 2. The Kier molecular flexibility index (Phi) is 4.77. The molecule has 5 atom stereocenters. The van der Waals surface area contributed by atoms with Crippen molar-refractivity contribution in [1.29, 1.82) is 0 Å². The molecule has 2 amide bonds. The molecule has 2 aliphatic rings. The molecule has 1 saturated heterocycles. The van der Waals surface area contributed by atoms with E-state index in [0.717, 1.165) is 0 Å². The van der Waals surface area contributed by atoms with Crippen LogP contribution in [0.4, 0.5) is 8.78 Å². The quantitative estimate of drug-likeness (QED) is 0.227. The van der Waals surface area contributed by atoms with E-state index in [-0.39, 0.29) is 16.5 Å². The van der Waals surface area contributed by atoms with Crippen molar-refractivity contribution in [2.75, 3.05) is 6.61 Å². The van der Waals surface area contributed by atoms with E-state index < -0.39 is 60.5 Å². The van der Waals surface area contributed by atoms with E-state index in [4.69, 9.17) is 4.74 Å². The summed E-state index contributed by atoms with van der Waals surface area (Å²) in [6.45, 7) is 1.10. The number of amides is 2. The Morgan fingerprint density at radius 2 is 1.61 bits per heavy atom. The van der Waals surface area contributed by atoms with Gasteiger partial charge in [0, 0.05) is 33.0 Å². The van der Waals surface area contributed by atoms with Crippen molar-refractivity contribution in [3.05, 3.63) is 59.2 Å². The zero-order valence-electron chi connectivity index (χ0n) is 19.8. The van der Waals surface area contributed by atoms with Crippen LogP contribution in [0.3, 0.4) is 0 Å². The summed E-state index contributed by atoms with van der Waals surface area (Å²) in [4.78, 5) is 29.4. The number of benzene rings is 3. The molecular weight excluding hydrogens is 500 g/mol. The van der Waals surface area contributed by atoms with Gasteiger partial charge in [-0.3, -0.25) is 14.9 Å². The number of halogens is 2. The lowest BCUT2D eigenvalue weighted by Crippen LogP contribution is -2.52. The molecule has 38 heavy (non-hydrogen) atoms. The minimum atomic E-state index is -1.27. The number of hydrogen-bond donors (Lipinski definition) is 5. The maximum Gasteiger partial charge on any atom is 0.259 e. The van der Waals surface area contributed by atoms with Crippen LogP contribution in [0.5, 0.6) is 0 Å². The molecular formula is C27H21F2N3O6. The van der Waals surface area contributed by atoms with Gasteiger partial charge in [0.25, 0.3) is 11.8 Å². The van der Waals surface area contributed by atoms with E-state index in [2.05, 4.69) is 10.3 Å². The monoisotopic (exact) mass is 521 g/mol. The summed E-state index contributed by atoms with van der Waals surface area (Å²) in [5.41, 5.74) is 1.61. The van der Waals surface area contributed by atoms with Crippen molar-refractivity contribution in [1.82, 2.24) is 14.9 Å². The first-order valence-electron chi connectivity index (χ1n) is 12.1. The third-order valence-electron chi connectivity index (χ3n) is 7.89. The molecule has 5 N–H and O–H groups in total. The van der Waals surface area contributed by atoms with E-state index in [1.165, 1.54) is 36.4 Å². The molecule has 7 rings (SSSR count). The van der Waals surface area contributed by atoms with Gasteiger partial charge in [-0.05, 0) is 36.4 Å². The third-order valence-corrected chi connectivity index (χ3v) is 7.89. The number of nitrogens with one attached hydrogen (secondary N) is 2. The number of H-pyrrole nitrogens is 1. The van der Waals surface area contributed by atoms with Crippen LogP contribution in [0.15, 0.2) is 36.4 Å². The third kappa shape index (κ3) is 2.86.